The Morgan fingerprint density at radius 3 is 2.38 bits per heavy atom. The van der Waals surface area contributed by atoms with Crippen molar-refractivity contribution >= 4 is 52.5 Å². The molecule has 1 aliphatic heterocycles. The molecule has 3 aromatic carbocycles. The van der Waals surface area contributed by atoms with E-state index in [0.29, 0.717) is 33.4 Å². The number of esters is 1. The fourth-order valence-corrected chi connectivity index (χ4v) is 6.32. The van der Waals surface area contributed by atoms with Gasteiger partial charge in [-0.1, -0.05) is 59.6 Å². The lowest BCUT2D eigenvalue weighted by molar-refractivity contribution is -0.888. The van der Waals surface area contributed by atoms with Crippen molar-refractivity contribution < 1.29 is 47.5 Å². The molecule has 0 unspecified atom stereocenters. The van der Waals surface area contributed by atoms with Crippen molar-refractivity contribution in [3.63, 3.8) is 0 Å². The number of anilines is 1. The number of halogens is 3. The van der Waals surface area contributed by atoms with Gasteiger partial charge in [0.1, 0.15) is 5.75 Å². The Morgan fingerprint density at radius 2 is 1.70 bits per heavy atom. The molecule has 0 N–H and O–H groups in total. The first-order chi connectivity index (χ1) is 18.6. The van der Waals surface area contributed by atoms with Crippen molar-refractivity contribution in [2.24, 2.45) is 0 Å². The molecular formula is C30H33Cl2IN2O4S. The van der Waals surface area contributed by atoms with Gasteiger partial charge >= 0.3 is 5.97 Å². The Hall–Kier alpha value is -1.98. The molecule has 0 fully saturated rings. The topological polar surface area (TPSA) is 55.8 Å². The highest BCUT2D eigenvalue weighted by molar-refractivity contribution is 7.99. The molecule has 4 rings (SSSR count). The highest BCUT2D eigenvalue weighted by Crippen LogP contribution is 2.47. The first-order valence-corrected chi connectivity index (χ1v) is 14.4. The number of fused-ring (bicyclic) bond motifs is 1. The predicted octanol–water partition coefficient (Wildman–Crippen LogP) is 3.44. The van der Waals surface area contributed by atoms with E-state index in [4.69, 9.17) is 32.7 Å². The summed E-state index contributed by atoms with van der Waals surface area (Å²) in [6.07, 6.45) is -0.225. The van der Waals surface area contributed by atoms with E-state index in [1.807, 2.05) is 60.7 Å². The van der Waals surface area contributed by atoms with Crippen LogP contribution >= 0.6 is 35.0 Å². The van der Waals surface area contributed by atoms with Gasteiger partial charge in [-0.2, -0.15) is 0 Å². The molecule has 0 saturated carbocycles. The third-order valence-electron chi connectivity index (χ3n) is 6.88. The molecule has 0 radical (unpaired) electrons. The Bertz CT molecular complexity index is 1340. The number of nitrogens with zero attached hydrogens (tertiary/aromatic N) is 2. The number of benzene rings is 3. The standard InChI is InChI=1S/C30H33Cl2N2O4S.HI/c1-20(35)38-28-29(22-12-14-23(37-4)15-13-22)39-26-11-6-5-10-25(26)33(30(28)36)17-19-34(2,3)18-16-21-8-7-9-24(31)27(21)32;/h5-15,28-29H,16-19H2,1-4H3;1H/q+1;/p-1/t28-,29+;/m1./s1. The molecular weight excluding hydrogens is 682 g/mol. The fraction of sp³-hybridized carbons (Fsp3) is 0.333. The molecule has 1 heterocycles. The van der Waals surface area contributed by atoms with Gasteiger partial charge in [-0.05, 0) is 41.5 Å². The van der Waals surface area contributed by atoms with Crippen LogP contribution in [0.15, 0.2) is 71.6 Å². The van der Waals surface area contributed by atoms with Crippen molar-refractivity contribution in [1.82, 2.24) is 0 Å². The van der Waals surface area contributed by atoms with Gasteiger partial charge in [0.15, 0.2) is 6.10 Å². The summed E-state index contributed by atoms with van der Waals surface area (Å²) >= 11 is 14.1. The van der Waals surface area contributed by atoms with E-state index in [0.717, 1.165) is 34.7 Å². The van der Waals surface area contributed by atoms with Gasteiger partial charge in [0, 0.05) is 18.2 Å². The summed E-state index contributed by atoms with van der Waals surface area (Å²) in [5.74, 6) is -0.0111. The van der Waals surface area contributed by atoms with E-state index >= 15 is 0 Å². The maximum Gasteiger partial charge on any atom is 0.303 e. The summed E-state index contributed by atoms with van der Waals surface area (Å²) < 4.78 is 11.7. The van der Waals surface area contributed by atoms with E-state index in [9.17, 15) is 9.59 Å². The molecule has 10 heteroatoms. The number of carbonyl (C=O) groups is 2. The Kier molecular flexibility index (Phi) is 11.6. The quantitative estimate of drug-likeness (QED) is 0.193. The molecule has 0 bridgehead atoms. The summed E-state index contributed by atoms with van der Waals surface area (Å²) in [5, 5.41) is 0.721. The average Bonchev–Trinajstić information content (AvgIpc) is 3.02. The number of rotatable bonds is 9. The molecule has 0 aliphatic carbocycles. The highest BCUT2D eigenvalue weighted by atomic mass is 127. The van der Waals surface area contributed by atoms with Crippen molar-refractivity contribution in [2.75, 3.05) is 45.7 Å². The number of hydrogen-bond acceptors (Lipinski definition) is 5. The molecule has 40 heavy (non-hydrogen) atoms. The van der Waals surface area contributed by atoms with Crippen LogP contribution in [0.5, 0.6) is 5.75 Å². The normalized spacial score (nSPS) is 16.9. The smallest absolute Gasteiger partial charge is 0.303 e. The number of likely N-dealkylation sites (N-methyl/N-ethyl adjacent to an activating group) is 1. The van der Waals surface area contributed by atoms with Gasteiger partial charge in [0.2, 0.25) is 0 Å². The van der Waals surface area contributed by atoms with Gasteiger partial charge in [0.25, 0.3) is 5.91 Å². The monoisotopic (exact) mass is 714 g/mol. The number of hydrogen-bond donors (Lipinski definition) is 0. The Morgan fingerprint density at radius 1 is 1.00 bits per heavy atom. The summed E-state index contributed by atoms with van der Waals surface area (Å²) in [6, 6.07) is 21.1. The van der Waals surface area contributed by atoms with E-state index < -0.39 is 17.3 Å². The zero-order chi connectivity index (χ0) is 28.2. The summed E-state index contributed by atoms with van der Waals surface area (Å²) in [4.78, 5) is 29.0. The van der Waals surface area contributed by atoms with Gasteiger partial charge in [-0.3, -0.25) is 9.59 Å². The lowest BCUT2D eigenvalue weighted by Crippen LogP contribution is -3.00. The highest BCUT2D eigenvalue weighted by Gasteiger charge is 2.41. The van der Waals surface area contributed by atoms with Crippen LogP contribution in [0, 0.1) is 0 Å². The maximum atomic E-state index is 14.1. The van der Waals surface area contributed by atoms with E-state index in [1.54, 1.807) is 18.1 Å². The molecule has 214 valence electrons. The lowest BCUT2D eigenvalue weighted by atomic mass is 10.1. The van der Waals surface area contributed by atoms with Crippen LogP contribution in [0.1, 0.15) is 23.3 Å². The van der Waals surface area contributed by atoms with Crippen LogP contribution in [0.25, 0.3) is 0 Å². The Labute approximate surface area is 267 Å². The molecule has 1 aliphatic rings. The van der Waals surface area contributed by atoms with Crippen molar-refractivity contribution in [3.05, 3.63) is 87.9 Å². The van der Waals surface area contributed by atoms with Crippen molar-refractivity contribution in [1.29, 1.82) is 0 Å². The number of thioether (sulfide) groups is 1. The molecule has 6 nitrogen and oxygen atoms in total. The predicted molar refractivity (Wildman–Crippen MR) is 158 cm³/mol. The van der Waals surface area contributed by atoms with Gasteiger partial charge < -0.3 is 42.8 Å². The second kappa shape index (κ2) is 14.3. The fourth-order valence-electron chi connectivity index (χ4n) is 4.59. The third kappa shape index (κ3) is 7.85. The second-order valence-electron chi connectivity index (χ2n) is 10.1. The summed E-state index contributed by atoms with van der Waals surface area (Å²) in [7, 11) is 5.87. The van der Waals surface area contributed by atoms with Crippen LogP contribution in [0.3, 0.4) is 0 Å². The number of carbonyl (C=O) groups excluding carboxylic acids is 2. The number of amides is 1. The molecule has 1 amide bonds. The SMILES string of the molecule is COc1ccc([C@@H]2Sc3ccccc3N(CC[N+](C)(C)CCc3cccc(Cl)c3Cl)C(=O)[C@@H]2OC(C)=O)cc1.[I-]. The summed E-state index contributed by atoms with van der Waals surface area (Å²) in [5.41, 5.74) is 2.70. The zero-order valence-electron chi connectivity index (χ0n) is 22.9. The third-order valence-corrected chi connectivity index (χ3v) is 9.11. The van der Waals surface area contributed by atoms with Crippen LogP contribution in [0.2, 0.25) is 10.0 Å². The lowest BCUT2D eigenvalue weighted by Gasteiger charge is -2.34. The van der Waals surface area contributed by atoms with Crippen molar-refractivity contribution in [3.8, 4) is 5.75 Å². The van der Waals surface area contributed by atoms with Crippen LogP contribution in [-0.2, 0) is 20.7 Å². The van der Waals surface area contributed by atoms with Gasteiger partial charge in [-0.15, -0.1) is 11.8 Å². The van der Waals surface area contributed by atoms with E-state index in [2.05, 4.69) is 14.1 Å². The van der Waals surface area contributed by atoms with E-state index in [-0.39, 0.29) is 29.9 Å². The molecule has 0 saturated heterocycles. The molecule has 0 aromatic heterocycles. The first-order valence-electron chi connectivity index (χ1n) is 12.7. The molecule has 3 aromatic rings. The largest absolute Gasteiger partial charge is 1.00 e. The number of methoxy groups -OCH3 is 1. The zero-order valence-corrected chi connectivity index (χ0v) is 27.4. The first kappa shape index (κ1) is 32.5. The number of para-hydroxylation sites is 1. The van der Waals surface area contributed by atoms with Crippen LogP contribution in [0.4, 0.5) is 5.69 Å². The number of ether oxygens (including phenoxy) is 2. The van der Waals surface area contributed by atoms with E-state index in [1.165, 1.54) is 18.7 Å². The van der Waals surface area contributed by atoms with Crippen LogP contribution < -0.4 is 33.6 Å². The van der Waals surface area contributed by atoms with Crippen LogP contribution in [-0.4, -0.2) is 63.3 Å². The second-order valence-corrected chi connectivity index (χ2v) is 12.1. The van der Waals surface area contributed by atoms with Crippen molar-refractivity contribution in [2.45, 2.75) is 29.6 Å². The number of quaternary nitrogens is 1. The van der Waals surface area contributed by atoms with Gasteiger partial charge in [-0.25, -0.2) is 0 Å². The molecule has 0 spiro atoms. The maximum absolute atomic E-state index is 14.1. The summed E-state index contributed by atoms with van der Waals surface area (Å²) in [6.45, 7) is 3.29. The molecule has 2 atom stereocenters. The minimum atomic E-state index is -0.978. The minimum Gasteiger partial charge on any atom is -1.00 e. The minimum absolute atomic E-state index is 0. The van der Waals surface area contributed by atoms with Gasteiger partial charge in [0.05, 0.1) is 61.8 Å². The average molecular weight is 715 g/mol. The Balaban J connectivity index is 0.00000441.